The average molecular weight is 503 g/mol. The molecule has 33 heavy (non-hydrogen) atoms. The van der Waals surface area contributed by atoms with Crippen LogP contribution in [0, 0.1) is 0 Å². The predicted octanol–water partition coefficient (Wildman–Crippen LogP) is 5.38. The Kier molecular flexibility index (Phi) is 6.48. The molecule has 4 rings (SSSR count). The van der Waals surface area contributed by atoms with Crippen LogP contribution in [0.5, 0.6) is 11.5 Å². The molecule has 176 valence electrons. The molecule has 0 saturated carbocycles. The van der Waals surface area contributed by atoms with Crippen molar-refractivity contribution in [3.63, 3.8) is 0 Å². The summed E-state index contributed by atoms with van der Waals surface area (Å²) in [5.41, 5.74) is -0.235. The van der Waals surface area contributed by atoms with Crippen molar-refractivity contribution in [2.24, 2.45) is 0 Å². The number of anilines is 1. The monoisotopic (exact) mass is 502 g/mol. The van der Waals surface area contributed by atoms with E-state index in [1.54, 1.807) is 5.38 Å². The van der Waals surface area contributed by atoms with Crippen LogP contribution in [-0.4, -0.2) is 26.7 Å². The first-order chi connectivity index (χ1) is 15.7. The molecule has 0 spiro atoms. The van der Waals surface area contributed by atoms with Gasteiger partial charge >= 0.3 is 6.18 Å². The number of halogens is 4. The van der Waals surface area contributed by atoms with E-state index in [4.69, 9.17) is 9.47 Å². The molecule has 1 aliphatic rings. The van der Waals surface area contributed by atoms with Gasteiger partial charge in [-0.2, -0.15) is 13.2 Å². The van der Waals surface area contributed by atoms with E-state index >= 15 is 0 Å². The summed E-state index contributed by atoms with van der Waals surface area (Å²) in [6.45, 7) is -0.629. The van der Waals surface area contributed by atoms with Crippen molar-refractivity contribution in [2.75, 3.05) is 18.0 Å². The van der Waals surface area contributed by atoms with Gasteiger partial charge in [-0.1, -0.05) is 6.07 Å². The Labute approximate surface area is 191 Å². The molecule has 3 aromatic rings. The summed E-state index contributed by atoms with van der Waals surface area (Å²) >= 11 is 1.13. The molecule has 12 heteroatoms. The van der Waals surface area contributed by atoms with Gasteiger partial charge in [0.25, 0.3) is 10.0 Å². The average Bonchev–Trinajstić information content (AvgIpc) is 3.26. The minimum Gasteiger partial charge on any atom is -0.493 e. The van der Waals surface area contributed by atoms with E-state index in [1.165, 1.54) is 30.5 Å². The van der Waals surface area contributed by atoms with Crippen LogP contribution in [0.25, 0.3) is 0 Å². The maximum absolute atomic E-state index is 13.0. The number of ether oxygens (including phenoxy) is 2. The third-order valence-corrected chi connectivity index (χ3v) is 7.11. The molecule has 0 amide bonds. The Morgan fingerprint density at radius 1 is 1.21 bits per heavy atom. The van der Waals surface area contributed by atoms with Crippen molar-refractivity contribution < 1.29 is 35.5 Å². The lowest BCUT2D eigenvalue weighted by atomic mass is 10.0. The Balaban J connectivity index is 1.60. The Morgan fingerprint density at radius 2 is 2.03 bits per heavy atom. The Morgan fingerprint density at radius 3 is 2.73 bits per heavy atom. The minimum absolute atomic E-state index is 0.0373. The van der Waals surface area contributed by atoms with Crippen LogP contribution >= 0.6 is 11.3 Å². The molecule has 1 unspecified atom stereocenters. The largest absolute Gasteiger partial charge is 0.493 e. The predicted molar refractivity (Wildman–Crippen MR) is 114 cm³/mol. The quantitative estimate of drug-likeness (QED) is 0.439. The molecule has 0 bridgehead atoms. The lowest BCUT2D eigenvalue weighted by Crippen LogP contribution is -2.20. The highest BCUT2D eigenvalue weighted by molar-refractivity contribution is 7.93. The SMILES string of the molecule is O=S(=O)(Nc1nccs1)c1ccc2c(c1)OCCC2Oc1ccc(C(F)(F)F)cc1CCF. The first-order valence-corrected chi connectivity index (χ1v) is 12.2. The van der Waals surface area contributed by atoms with Crippen LogP contribution in [0.1, 0.15) is 29.2 Å². The van der Waals surface area contributed by atoms with Gasteiger partial charge in [0.05, 0.1) is 23.7 Å². The summed E-state index contributed by atoms with van der Waals surface area (Å²) in [5, 5.41) is 1.85. The lowest BCUT2D eigenvalue weighted by molar-refractivity contribution is -0.137. The van der Waals surface area contributed by atoms with Crippen molar-refractivity contribution in [1.82, 2.24) is 4.98 Å². The number of fused-ring (bicyclic) bond motifs is 1. The van der Waals surface area contributed by atoms with Gasteiger partial charge in [-0.25, -0.2) is 13.4 Å². The van der Waals surface area contributed by atoms with E-state index in [1.807, 2.05) is 0 Å². The molecular formula is C21H18F4N2O4S2. The maximum Gasteiger partial charge on any atom is 0.416 e. The second-order valence-electron chi connectivity index (χ2n) is 7.15. The number of hydrogen-bond acceptors (Lipinski definition) is 6. The topological polar surface area (TPSA) is 77.5 Å². The summed E-state index contributed by atoms with van der Waals surface area (Å²) in [4.78, 5) is 3.86. The highest BCUT2D eigenvalue weighted by Gasteiger charge is 2.32. The van der Waals surface area contributed by atoms with Gasteiger partial charge in [0.2, 0.25) is 0 Å². The maximum atomic E-state index is 13.0. The fraction of sp³-hybridized carbons (Fsp3) is 0.286. The molecule has 1 N–H and O–H groups in total. The van der Waals surface area contributed by atoms with Crippen LogP contribution in [0.4, 0.5) is 22.7 Å². The Hall–Kier alpha value is -2.86. The molecule has 6 nitrogen and oxygen atoms in total. The van der Waals surface area contributed by atoms with Crippen molar-refractivity contribution in [3.8, 4) is 11.5 Å². The van der Waals surface area contributed by atoms with Gasteiger partial charge in [-0.15, -0.1) is 11.3 Å². The number of aryl methyl sites for hydroxylation is 1. The zero-order chi connectivity index (χ0) is 23.6. The van der Waals surface area contributed by atoms with E-state index in [9.17, 15) is 26.0 Å². The highest BCUT2D eigenvalue weighted by atomic mass is 32.2. The van der Waals surface area contributed by atoms with Gasteiger partial charge in [0.15, 0.2) is 5.13 Å². The van der Waals surface area contributed by atoms with Crippen LogP contribution in [0.2, 0.25) is 0 Å². The van der Waals surface area contributed by atoms with E-state index in [2.05, 4.69) is 9.71 Å². The second-order valence-corrected chi connectivity index (χ2v) is 9.72. The number of benzene rings is 2. The standard InChI is InChI=1S/C21H18F4N2O4S2/c22-7-5-13-11-14(21(23,24)25)1-4-17(13)31-18-6-9-30-19-12-15(2-3-16(18)19)33(28,29)27-20-26-8-10-32-20/h1-4,8,10-12,18H,5-7,9H2,(H,26,27). The number of nitrogens with one attached hydrogen (secondary N) is 1. The van der Waals surface area contributed by atoms with E-state index in [0.717, 1.165) is 23.5 Å². The van der Waals surface area contributed by atoms with Gasteiger partial charge < -0.3 is 9.47 Å². The number of sulfonamides is 1. The fourth-order valence-corrected chi connectivity index (χ4v) is 5.20. The molecule has 2 heterocycles. The van der Waals surface area contributed by atoms with E-state index in [0.29, 0.717) is 12.0 Å². The summed E-state index contributed by atoms with van der Waals surface area (Å²) in [5.74, 6) is 0.424. The van der Waals surface area contributed by atoms with Gasteiger partial charge in [0, 0.05) is 36.0 Å². The second kappa shape index (κ2) is 9.18. The van der Waals surface area contributed by atoms with Crippen LogP contribution in [0.15, 0.2) is 52.9 Å². The zero-order valence-electron chi connectivity index (χ0n) is 16.9. The number of alkyl halides is 4. The van der Waals surface area contributed by atoms with Gasteiger partial charge in [-0.3, -0.25) is 9.11 Å². The molecule has 0 fully saturated rings. The molecular weight excluding hydrogens is 484 g/mol. The molecule has 0 saturated heterocycles. The van der Waals surface area contributed by atoms with Gasteiger partial charge in [-0.05, 0) is 29.8 Å². The highest BCUT2D eigenvalue weighted by Crippen LogP contribution is 2.39. The third-order valence-electron chi connectivity index (χ3n) is 4.95. The minimum atomic E-state index is -4.55. The third kappa shape index (κ3) is 5.22. The van der Waals surface area contributed by atoms with Crippen LogP contribution in [0.3, 0.4) is 0 Å². The zero-order valence-corrected chi connectivity index (χ0v) is 18.6. The molecule has 1 aromatic heterocycles. The fourth-order valence-electron chi connectivity index (χ4n) is 3.40. The van der Waals surface area contributed by atoms with Crippen molar-refractivity contribution in [3.05, 3.63) is 64.7 Å². The van der Waals surface area contributed by atoms with Crippen molar-refractivity contribution >= 4 is 26.5 Å². The van der Waals surface area contributed by atoms with E-state index in [-0.39, 0.29) is 40.1 Å². The number of aromatic nitrogens is 1. The first-order valence-electron chi connectivity index (χ1n) is 9.79. The molecule has 1 atom stereocenters. The summed E-state index contributed by atoms with van der Waals surface area (Å²) < 4.78 is 91.3. The van der Waals surface area contributed by atoms with Crippen molar-refractivity contribution in [1.29, 1.82) is 0 Å². The van der Waals surface area contributed by atoms with E-state index < -0.39 is 34.5 Å². The number of hydrogen-bond donors (Lipinski definition) is 1. The summed E-state index contributed by atoms with van der Waals surface area (Å²) in [6.07, 6.45) is -3.53. The van der Waals surface area contributed by atoms with Crippen LogP contribution in [-0.2, 0) is 22.6 Å². The van der Waals surface area contributed by atoms with Crippen molar-refractivity contribution in [2.45, 2.75) is 30.0 Å². The number of thiazole rings is 1. The number of rotatable bonds is 7. The van der Waals surface area contributed by atoms with Crippen LogP contribution < -0.4 is 14.2 Å². The molecule has 1 aliphatic heterocycles. The lowest BCUT2D eigenvalue weighted by Gasteiger charge is -2.28. The summed E-state index contributed by atoms with van der Waals surface area (Å²) in [6, 6.07) is 7.23. The van der Waals surface area contributed by atoms with Gasteiger partial charge in [0.1, 0.15) is 17.6 Å². The molecule has 0 aliphatic carbocycles. The Bertz CT molecular complexity index is 1230. The normalized spacial score (nSPS) is 16.1. The smallest absolute Gasteiger partial charge is 0.416 e. The summed E-state index contributed by atoms with van der Waals surface area (Å²) in [7, 11) is -3.90. The molecule has 0 radical (unpaired) electrons. The number of nitrogens with zero attached hydrogens (tertiary/aromatic N) is 1. The first kappa shape index (κ1) is 23.3. The molecule has 2 aromatic carbocycles.